The van der Waals surface area contributed by atoms with Crippen LogP contribution < -0.4 is 0 Å². The molecular formula is C27H40O4. The molecule has 0 amide bonds. The van der Waals surface area contributed by atoms with Crippen molar-refractivity contribution >= 4 is 11.8 Å². The molecule has 1 atom stereocenters. The van der Waals surface area contributed by atoms with Gasteiger partial charge in [0.2, 0.25) is 0 Å². The standard InChI is InChI=1S/C27H40O4/c1-20(2)17-26(29)18-23(5)12-8-10-21(3)9-7-11-22(4)13-14-27(31-24(6)28)25-15-16-30-19-25/h9,12-13,15-16,19-20,27H,7-8,10-11,14,17-18H2,1-6H3. The van der Waals surface area contributed by atoms with Crippen LogP contribution in [-0.2, 0) is 14.3 Å². The van der Waals surface area contributed by atoms with Crippen LogP contribution in [0.25, 0.3) is 0 Å². The summed E-state index contributed by atoms with van der Waals surface area (Å²) in [7, 11) is 0. The molecular weight excluding hydrogens is 388 g/mol. The van der Waals surface area contributed by atoms with Gasteiger partial charge in [-0.1, -0.05) is 48.8 Å². The van der Waals surface area contributed by atoms with Crippen LogP contribution in [-0.4, -0.2) is 11.8 Å². The van der Waals surface area contributed by atoms with Crippen molar-refractivity contribution in [3.63, 3.8) is 0 Å². The van der Waals surface area contributed by atoms with E-state index in [0.29, 0.717) is 31.0 Å². The van der Waals surface area contributed by atoms with Gasteiger partial charge in [0.15, 0.2) is 0 Å². The second-order valence-corrected chi connectivity index (χ2v) is 8.93. The molecule has 0 N–H and O–H groups in total. The first-order chi connectivity index (χ1) is 14.7. The predicted octanol–water partition coefficient (Wildman–Crippen LogP) is 7.68. The average Bonchev–Trinajstić information content (AvgIpc) is 3.18. The Bertz CT molecular complexity index is 763. The number of carbonyl (C=O) groups is 2. The van der Waals surface area contributed by atoms with Gasteiger partial charge in [0.1, 0.15) is 11.9 Å². The van der Waals surface area contributed by atoms with Crippen LogP contribution in [0.1, 0.15) is 98.2 Å². The molecule has 0 saturated heterocycles. The lowest BCUT2D eigenvalue weighted by Crippen LogP contribution is -2.07. The number of ether oxygens (including phenoxy) is 1. The molecule has 0 radical (unpaired) electrons. The summed E-state index contributed by atoms with van der Waals surface area (Å²) in [5.74, 6) is 0.479. The first-order valence-corrected chi connectivity index (χ1v) is 11.3. The molecule has 4 heteroatoms. The Morgan fingerprint density at radius 2 is 1.58 bits per heavy atom. The number of rotatable bonds is 14. The number of hydrogen-bond donors (Lipinski definition) is 0. The minimum Gasteiger partial charge on any atom is -0.472 e. The number of Topliss-reactive ketones (excluding diaryl/α,β-unsaturated/α-hetero) is 1. The fourth-order valence-electron chi connectivity index (χ4n) is 3.43. The zero-order chi connectivity index (χ0) is 23.2. The molecule has 0 aliphatic rings. The van der Waals surface area contributed by atoms with Crippen molar-refractivity contribution in [3.05, 3.63) is 59.1 Å². The molecule has 1 aromatic rings. The van der Waals surface area contributed by atoms with Gasteiger partial charge in [-0.15, -0.1) is 0 Å². The molecule has 0 spiro atoms. The third kappa shape index (κ3) is 12.8. The Hall–Kier alpha value is -2.36. The van der Waals surface area contributed by atoms with Gasteiger partial charge in [0.25, 0.3) is 0 Å². The Kier molecular flexibility index (Phi) is 12.6. The number of carbonyl (C=O) groups excluding carboxylic acids is 2. The molecule has 0 aromatic carbocycles. The van der Waals surface area contributed by atoms with Crippen molar-refractivity contribution in [2.24, 2.45) is 5.92 Å². The van der Waals surface area contributed by atoms with Gasteiger partial charge in [-0.2, -0.15) is 0 Å². The number of allylic oxidation sites excluding steroid dienone is 5. The molecule has 31 heavy (non-hydrogen) atoms. The second-order valence-electron chi connectivity index (χ2n) is 8.93. The van der Waals surface area contributed by atoms with Crippen LogP contribution in [0, 0.1) is 5.92 Å². The fraction of sp³-hybridized carbons (Fsp3) is 0.556. The van der Waals surface area contributed by atoms with Gasteiger partial charge in [-0.05, 0) is 58.4 Å². The van der Waals surface area contributed by atoms with E-state index in [9.17, 15) is 9.59 Å². The zero-order valence-electron chi connectivity index (χ0n) is 20.2. The highest BCUT2D eigenvalue weighted by molar-refractivity contribution is 5.80. The summed E-state index contributed by atoms with van der Waals surface area (Å²) in [6, 6.07) is 1.83. The summed E-state index contributed by atoms with van der Waals surface area (Å²) < 4.78 is 10.5. The quantitative estimate of drug-likeness (QED) is 0.225. The maximum absolute atomic E-state index is 11.9. The van der Waals surface area contributed by atoms with E-state index in [0.717, 1.165) is 31.2 Å². The summed E-state index contributed by atoms with van der Waals surface area (Å²) in [6.07, 6.45) is 15.4. The first-order valence-electron chi connectivity index (χ1n) is 11.3. The first kappa shape index (κ1) is 26.7. The summed E-state index contributed by atoms with van der Waals surface area (Å²) in [4.78, 5) is 23.3. The van der Waals surface area contributed by atoms with Gasteiger partial charge >= 0.3 is 5.97 Å². The lowest BCUT2D eigenvalue weighted by Gasteiger charge is -2.14. The summed E-state index contributed by atoms with van der Waals surface area (Å²) >= 11 is 0. The smallest absolute Gasteiger partial charge is 0.303 e. The van der Waals surface area contributed by atoms with Gasteiger partial charge < -0.3 is 9.15 Å². The summed E-state index contributed by atoms with van der Waals surface area (Å²) in [5.41, 5.74) is 4.71. The second kappa shape index (κ2) is 14.6. The van der Waals surface area contributed by atoms with Gasteiger partial charge in [-0.3, -0.25) is 9.59 Å². The van der Waals surface area contributed by atoms with Gasteiger partial charge in [0, 0.05) is 31.7 Å². The molecule has 0 bridgehead atoms. The average molecular weight is 429 g/mol. The Labute approximate surface area is 188 Å². The highest BCUT2D eigenvalue weighted by Gasteiger charge is 2.14. The van der Waals surface area contributed by atoms with Crippen LogP contribution in [0.3, 0.4) is 0 Å². The van der Waals surface area contributed by atoms with E-state index in [-0.39, 0.29) is 12.1 Å². The third-order valence-corrected chi connectivity index (χ3v) is 5.08. The van der Waals surface area contributed by atoms with Crippen molar-refractivity contribution in [3.8, 4) is 0 Å². The SMILES string of the molecule is CC(=O)OC(CC=C(C)CCC=C(C)CCC=C(C)CC(=O)CC(C)C)c1ccoc1. The largest absolute Gasteiger partial charge is 0.472 e. The maximum Gasteiger partial charge on any atom is 0.303 e. The number of hydrogen-bond acceptors (Lipinski definition) is 4. The lowest BCUT2D eigenvalue weighted by molar-refractivity contribution is -0.146. The van der Waals surface area contributed by atoms with Crippen LogP contribution in [0.15, 0.2) is 58.0 Å². The highest BCUT2D eigenvalue weighted by Crippen LogP contribution is 2.24. The van der Waals surface area contributed by atoms with E-state index in [1.807, 2.05) is 6.07 Å². The minimum atomic E-state index is -0.300. The third-order valence-electron chi connectivity index (χ3n) is 5.08. The molecule has 0 fully saturated rings. The molecule has 1 aromatic heterocycles. The van der Waals surface area contributed by atoms with Gasteiger partial charge in [-0.25, -0.2) is 0 Å². The number of ketones is 1. The van der Waals surface area contributed by atoms with Crippen molar-refractivity contribution in [1.29, 1.82) is 0 Å². The summed E-state index contributed by atoms with van der Waals surface area (Å²) in [5, 5.41) is 0. The van der Waals surface area contributed by atoms with Crippen LogP contribution in [0.2, 0.25) is 0 Å². The van der Waals surface area contributed by atoms with E-state index >= 15 is 0 Å². The van der Waals surface area contributed by atoms with Crippen LogP contribution in [0.4, 0.5) is 0 Å². The van der Waals surface area contributed by atoms with Crippen molar-refractivity contribution in [1.82, 2.24) is 0 Å². The van der Waals surface area contributed by atoms with E-state index in [1.54, 1.807) is 12.5 Å². The normalized spacial score (nSPS) is 14.1. The zero-order valence-corrected chi connectivity index (χ0v) is 20.2. The molecule has 1 rings (SSSR count). The van der Waals surface area contributed by atoms with Crippen LogP contribution >= 0.6 is 0 Å². The minimum absolute atomic E-state index is 0.288. The molecule has 172 valence electrons. The predicted molar refractivity (Wildman–Crippen MR) is 127 cm³/mol. The van der Waals surface area contributed by atoms with E-state index in [2.05, 4.69) is 52.8 Å². The maximum atomic E-state index is 11.9. The molecule has 0 aliphatic carbocycles. The Morgan fingerprint density at radius 1 is 0.968 bits per heavy atom. The molecule has 0 aliphatic heterocycles. The number of furan rings is 1. The Morgan fingerprint density at radius 3 is 2.13 bits per heavy atom. The molecule has 1 heterocycles. The van der Waals surface area contributed by atoms with E-state index in [4.69, 9.17) is 9.15 Å². The Balaban J connectivity index is 2.40. The summed E-state index contributed by atoms with van der Waals surface area (Å²) in [6.45, 7) is 11.9. The van der Waals surface area contributed by atoms with E-state index in [1.165, 1.54) is 23.6 Å². The molecule has 0 saturated carbocycles. The van der Waals surface area contributed by atoms with Crippen molar-refractivity contribution in [2.75, 3.05) is 0 Å². The fourth-order valence-corrected chi connectivity index (χ4v) is 3.43. The highest BCUT2D eigenvalue weighted by atomic mass is 16.5. The van der Waals surface area contributed by atoms with Gasteiger partial charge in [0.05, 0.1) is 12.5 Å². The van der Waals surface area contributed by atoms with E-state index < -0.39 is 0 Å². The monoisotopic (exact) mass is 428 g/mol. The topological polar surface area (TPSA) is 56.5 Å². The number of esters is 1. The molecule has 4 nitrogen and oxygen atoms in total. The van der Waals surface area contributed by atoms with Crippen molar-refractivity contribution < 1.29 is 18.7 Å². The molecule has 1 unspecified atom stereocenters. The van der Waals surface area contributed by atoms with Crippen molar-refractivity contribution in [2.45, 2.75) is 92.6 Å². The van der Waals surface area contributed by atoms with Crippen LogP contribution in [0.5, 0.6) is 0 Å². The lowest BCUT2D eigenvalue weighted by atomic mass is 10.0.